The number of benzene rings is 1. The van der Waals surface area contributed by atoms with Crippen molar-refractivity contribution in [3.8, 4) is 0 Å². The molecule has 0 aromatic heterocycles. The summed E-state index contributed by atoms with van der Waals surface area (Å²) in [6.45, 7) is 1.64. The molecule has 0 aliphatic carbocycles. The molecular formula is C15H21F3N2O3S. The number of hydrogen-bond acceptors (Lipinski definition) is 3. The van der Waals surface area contributed by atoms with Gasteiger partial charge in [0.1, 0.15) is 6.54 Å². The Morgan fingerprint density at radius 2 is 1.83 bits per heavy atom. The van der Waals surface area contributed by atoms with Crippen LogP contribution in [0.1, 0.15) is 31.7 Å². The third-order valence-corrected chi connectivity index (χ3v) is 4.39. The fourth-order valence-electron chi connectivity index (χ4n) is 2.10. The van der Waals surface area contributed by atoms with Gasteiger partial charge in [-0.2, -0.15) is 13.2 Å². The third kappa shape index (κ3) is 6.03. The van der Waals surface area contributed by atoms with Crippen molar-refractivity contribution in [1.82, 2.24) is 5.32 Å². The summed E-state index contributed by atoms with van der Waals surface area (Å²) in [6.07, 6.45) is -1.39. The van der Waals surface area contributed by atoms with Crippen molar-refractivity contribution in [1.29, 1.82) is 0 Å². The number of anilines is 1. The Balaban J connectivity index is 3.03. The molecular weight excluding hydrogens is 345 g/mol. The molecule has 0 atom stereocenters. The van der Waals surface area contributed by atoms with E-state index in [2.05, 4.69) is 5.32 Å². The lowest BCUT2D eigenvalue weighted by atomic mass is 10.1. The van der Waals surface area contributed by atoms with Gasteiger partial charge in [-0.1, -0.05) is 31.9 Å². The molecule has 0 heterocycles. The summed E-state index contributed by atoms with van der Waals surface area (Å²) >= 11 is 0. The van der Waals surface area contributed by atoms with Crippen LogP contribution >= 0.6 is 0 Å². The van der Waals surface area contributed by atoms with Crippen LogP contribution in [0, 0.1) is 0 Å². The molecule has 0 aliphatic rings. The van der Waals surface area contributed by atoms with Gasteiger partial charge in [0.15, 0.2) is 0 Å². The SMILES string of the molecule is CCCCCNC(=O)CN(c1ccccc1C(F)(F)F)S(C)(=O)=O. The van der Waals surface area contributed by atoms with Crippen LogP contribution in [-0.2, 0) is 21.0 Å². The predicted molar refractivity (Wildman–Crippen MR) is 86.2 cm³/mol. The number of amides is 1. The van der Waals surface area contributed by atoms with Gasteiger partial charge in [-0.15, -0.1) is 0 Å². The molecule has 9 heteroatoms. The zero-order valence-electron chi connectivity index (χ0n) is 13.6. The molecule has 0 spiro atoms. The van der Waals surface area contributed by atoms with Crippen LogP contribution in [0.4, 0.5) is 18.9 Å². The maximum absolute atomic E-state index is 13.1. The molecule has 0 bridgehead atoms. The topological polar surface area (TPSA) is 66.5 Å². The monoisotopic (exact) mass is 366 g/mol. The number of carbonyl (C=O) groups excluding carboxylic acids is 1. The Bertz CT molecular complexity index is 660. The average Bonchev–Trinajstić information content (AvgIpc) is 2.47. The summed E-state index contributed by atoms with van der Waals surface area (Å²) in [7, 11) is -4.06. The molecule has 1 rings (SSSR count). The predicted octanol–water partition coefficient (Wildman–Crippen LogP) is 2.78. The highest BCUT2D eigenvalue weighted by Gasteiger charge is 2.36. The van der Waals surface area contributed by atoms with Crippen molar-refractivity contribution < 1.29 is 26.4 Å². The van der Waals surface area contributed by atoms with Crippen LogP contribution in [0.5, 0.6) is 0 Å². The van der Waals surface area contributed by atoms with Gasteiger partial charge in [-0.25, -0.2) is 8.42 Å². The van der Waals surface area contributed by atoms with Crippen LogP contribution in [0.3, 0.4) is 0 Å². The van der Waals surface area contributed by atoms with E-state index < -0.39 is 39.9 Å². The van der Waals surface area contributed by atoms with Gasteiger partial charge < -0.3 is 5.32 Å². The molecule has 0 unspecified atom stereocenters. The van der Waals surface area contributed by atoms with E-state index >= 15 is 0 Å². The first-order valence-corrected chi connectivity index (χ1v) is 9.32. The van der Waals surface area contributed by atoms with E-state index in [1.54, 1.807) is 0 Å². The number of sulfonamides is 1. The number of carbonyl (C=O) groups is 1. The number of nitrogens with zero attached hydrogens (tertiary/aromatic N) is 1. The summed E-state index contributed by atoms with van der Waals surface area (Å²) in [5, 5.41) is 2.52. The molecule has 24 heavy (non-hydrogen) atoms. The van der Waals surface area contributed by atoms with Crippen molar-refractivity contribution in [2.45, 2.75) is 32.4 Å². The van der Waals surface area contributed by atoms with Crippen molar-refractivity contribution in [3.05, 3.63) is 29.8 Å². The van der Waals surface area contributed by atoms with E-state index in [-0.39, 0.29) is 0 Å². The molecule has 1 amide bonds. The second kappa shape index (κ2) is 8.36. The number of rotatable bonds is 8. The minimum Gasteiger partial charge on any atom is -0.355 e. The van der Waals surface area contributed by atoms with Crippen LogP contribution in [-0.4, -0.2) is 33.7 Å². The highest BCUT2D eigenvalue weighted by molar-refractivity contribution is 7.92. The molecule has 0 saturated carbocycles. The Morgan fingerprint density at radius 3 is 2.38 bits per heavy atom. The Kier molecular flexibility index (Phi) is 7.07. The minimum absolute atomic E-state index is 0.352. The first-order chi connectivity index (χ1) is 11.1. The van der Waals surface area contributed by atoms with E-state index in [4.69, 9.17) is 0 Å². The number of alkyl halides is 3. The van der Waals surface area contributed by atoms with Crippen LogP contribution in [0.2, 0.25) is 0 Å². The summed E-state index contributed by atoms with van der Waals surface area (Å²) in [5.41, 5.74) is -1.66. The second-order valence-corrected chi connectivity index (χ2v) is 7.25. The van der Waals surface area contributed by atoms with E-state index in [0.29, 0.717) is 10.8 Å². The van der Waals surface area contributed by atoms with Crippen molar-refractivity contribution >= 4 is 21.6 Å². The summed E-state index contributed by atoms with van der Waals surface area (Å²) in [4.78, 5) is 11.9. The fraction of sp³-hybridized carbons (Fsp3) is 0.533. The average molecular weight is 366 g/mol. The number of halogens is 3. The lowest BCUT2D eigenvalue weighted by Crippen LogP contribution is -2.41. The van der Waals surface area contributed by atoms with Gasteiger partial charge in [0.05, 0.1) is 17.5 Å². The molecule has 0 radical (unpaired) electrons. The van der Waals surface area contributed by atoms with Gasteiger partial charge in [0.2, 0.25) is 15.9 Å². The zero-order chi connectivity index (χ0) is 18.4. The number of unbranched alkanes of at least 4 members (excludes halogenated alkanes) is 2. The van der Waals surface area contributed by atoms with E-state index in [0.717, 1.165) is 43.7 Å². The van der Waals surface area contributed by atoms with Gasteiger partial charge in [-0.05, 0) is 18.6 Å². The van der Waals surface area contributed by atoms with E-state index in [1.807, 2.05) is 6.92 Å². The highest BCUT2D eigenvalue weighted by atomic mass is 32.2. The second-order valence-electron chi connectivity index (χ2n) is 5.34. The Labute approximate surface area is 139 Å². The Morgan fingerprint density at radius 1 is 1.21 bits per heavy atom. The molecule has 136 valence electrons. The zero-order valence-corrected chi connectivity index (χ0v) is 14.4. The molecule has 0 fully saturated rings. The van der Waals surface area contributed by atoms with Gasteiger partial charge in [-0.3, -0.25) is 9.10 Å². The first kappa shape index (κ1) is 20.3. The molecule has 5 nitrogen and oxygen atoms in total. The summed E-state index contributed by atoms with van der Waals surface area (Å²) in [6, 6.07) is 4.28. The molecule has 0 aliphatic heterocycles. The van der Waals surface area contributed by atoms with Crippen LogP contribution in [0.25, 0.3) is 0 Å². The Hall–Kier alpha value is -1.77. The van der Waals surface area contributed by atoms with Gasteiger partial charge >= 0.3 is 6.18 Å². The van der Waals surface area contributed by atoms with Crippen LogP contribution < -0.4 is 9.62 Å². The molecule has 1 aromatic rings. The largest absolute Gasteiger partial charge is 0.418 e. The molecule has 0 saturated heterocycles. The normalized spacial score (nSPS) is 12.0. The number of nitrogens with one attached hydrogen (secondary N) is 1. The van der Waals surface area contributed by atoms with E-state index in [9.17, 15) is 26.4 Å². The first-order valence-electron chi connectivity index (χ1n) is 7.48. The smallest absolute Gasteiger partial charge is 0.355 e. The quantitative estimate of drug-likeness (QED) is 0.720. The minimum atomic E-state index is -4.73. The highest BCUT2D eigenvalue weighted by Crippen LogP contribution is 2.37. The summed E-state index contributed by atoms with van der Waals surface area (Å²) < 4.78 is 63.6. The fourth-order valence-corrected chi connectivity index (χ4v) is 2.97. The lowest BCUT2D eigenvalue weighted by Gasteiger charge is -2.25. The van der Waals surface area contributed by atoms with Crippen molar-refractivity contribution in [3.63, 3.8) is 0 Å². The van der Waals surface area contributed by atoms with Gasteiger partial charge in [0.25, 0.3) is 0 Å². The van der Waals surface area contributed by atoms with E-state index in [1.165, 1.54) is 6.07 Å². The maximum Gasteiger partial charge on any atom is 0.418 e. The van der Waals surface area contributed by atoms with Crippen molar-refractivity contribution in [2.24, 2.45) is 0 Å². The van der Waals surface area contributed by atoms with Crippen molar-refractivity contribution in [2.75, 3.05) is 23.7 Å². The maximum atomic E-state index is 13.1. The van der Waals surface area contributed by atoms with Crippen LogP contribution in [0.15, 0.2) is 24.3 Å². The standard InChI is InChI=1S/C15H21F3N2O3S/c1-3-4-7-10-19-14(21)11-20(24(2,22)23)13-9-6-5-8-12(13)15(16,17)18/h5-6,8-9H,3-4,7,10-11H2,1-2H3,(H,19,21). The molecule has 1 N–H and O–H groups in total. The lowest BCUT2D eigenvalue weighted by molar-refractivity contribution is -0.137. The third-order valence-electron chi connectivity index (χ3n) is 3.27. The van der Waals surface area contributed by atoms with Gasteiger partial charge in [0, 0.05) is 6.54 Å². The molecule has 1 aromatic carbocycles. The number of hydrogen-bond donors (Lipinski definition) is 1. The summed E-state index contributed by atoms with van der Waals surface area (Å²) in [5.74, 6) is -0.645. The number of para-hydroxylation sites is 1.